The molecule has 0 amide bonds. The minimum Gasteiger partial charge on any atom is -0.479 e. The van der Waals surface area contributed by atoms with Crippen molar-refractivity contribution in [3.05, 3.63) is 18.1 Å². The highest BCUT2D eigenvalue weighted by Crippen LogP contribution is 2.11. The summed E-state index contributed by atoms with van der Waals surface area (Å²) < 4.78 is 4.87. The third kappa shape index (κ3) is 2.00. The molecular weight excluding hydrogens is 170 g/mol. The maximum atomic E-state index is 11.4. The minimum absolute atomic E-state index is 0.181. The second-order valence-corrected chi connectivity index (χ2v) is 2.57. The summed E-state index contributed by atoms with van der Waals surface area (Å²) in [4.78, 5) is 19.1. The van der Waals surface area contributed by atoms with Gasteiger partial charge in [0.05, 0.1) is 13.2 Å². The molecule has 0 aliphatic rings. The Bertz CT molecular complexity index is 312. The molecule has 0 aromatic carbocycles. The highest BCUT2D eigenvalue weighted by Gasteiger charge is 2.17. The number of hydrogen-bond acceptors (Lipinski definition) is 5. The van der Waals surface area contributed by atoms with Gasteiger partial charge in [0.15, 0.2) is 5.69 Å². The van der Waals surface area contributed by atoms with Gasteiger partial charge in [-0.15, -0.1) is 0 Å². The van der Waals surface area contributed by atoms with E-state index in [0.29, 0.717) is 0 Å². The largest absolute Gasteiger partial charge is 0.479 e. The quantitative estimate of drug-likeness (QED) is 0.665. The molecule has 1 aromatic rings. The van der Waals surface area contributed by atoms with Gasteiger partial charge in [-0.05, 0) is 6.92 Å². The molecule has 0 aliphatic heterocycles. The van der Waals surface area contributed by atoms with E-state index in [9.17, 15) is 4.79 Å². The lowest BCUT2D eigenvalue weighted by molar-refractivity contribution is 0.0959. The van der Waals surface area contributed by atoms with Gasteiger partial charge in [0.1, 0.15) is 0 Å². The average Bonchev–Trinajstić information content (AvgIpc) is 2.16. The van der Waals surface area contributed by atoms with E-state index < -0.39 is 6.04 Å². The van der Waals surface area contributed by atoms with E-state index >= 15 is 0 Å². The van der Waals surface area contributed by atoms with Crippen molar-refractivity contribution < 1.29 is 9.53 Å². The van der Waals surface area contributed by atoms with Crippen LogP contribution in [-0.2, 0) is 0 Å². The molecule has 0 radical (unpaired) electrons. The number of ether oxygens (including phenoxy) is 1. The van der Waals surface area contributed by atoms with Crippen molar-refractivity contribution >= 4 is 5.78 Å². The molecule has 0 saturated carbocycles. The second kappa shape index (κ2) is 3.95. The van der Waals surface area contributed by atoms with E-state index in [1.165, 1.54) is 19.5 Å². The van der Waals surface area contributed by atoms with Crippen LogP contribution in [0.3, 0.4) is 0 Å². The predicted molar refractivity (Wildman–Crippen MR) is 46.6 cm³/mol. The van der Waals surface area contributed by atoms with Crippen molar-refractivity contribution in [1.29, 1.82) is 0 Å². The molecular formula is C8H11N3O2. The van der Waals surface area contributed by atoms with Crippen LogP contribution in [0.1, 0.15) is 17.4 Å². The smallest absolute Gasteiger partial charge is 0.243 e. The number of aromatic nitrogens is 2. The minimum atomic E-state index is -0.592. The molecule has 1 aromatic heterocycles. The van der Waals surface area contributed by atoms with Crippen molar-refractivity contribution in [3.63, 3.8) is 0 Å². The van der Waals surface area contributed by atoms with Gasteiger partial charge >= 0.3 is 0 Å². The first-order valence-corrected chi connectivity index (χ1v) is 3.81. The summed E-state index contributed by atoms with van der Waals surface area (Å²) in [5, 5.41) is 0. The molecule has 0 bridgehead atoms. The molecule has 1 rings (SSSR count). The van der Waals surface area contributed by atoms with Crippen molar-refractivity contribution in [2.24, 2.45) is 5.73 Å². The van der Waals surface area contributed by atoms with Crippen LogP contribution in [0, 0.1) is 0 Å². The number of ketones is 1. The van der Waals surface area contributed by atoms with E-state index in [2.05, 4.69) is 9.97 Å². The van der Waals surface area contributed by atoms with Gasteiger partial charge in [-0.3, -0.25) is 4.79 Å². The van der Waals surface area contributed by atoms with Gasteiger partial charge in [-0.2, -0.15) is 0 Å². The molecule has 70 valence electrons. The summed E-state index contributed by atoms with van der Waals surface area (Å²) in [5.41, 5.74) is 5.60. The van der Waals surface area contributed by atoms with E-state index in [0.717, 1.165) is 0 Å². The van der Waals surface area contributed by atoms with Crippen LogP contribution in [0.25, 0.3) is 0 Å². The Morgan fingerprint density at radius 2 is 2.15 bits per heavy atom. The monoisotopic (exact) mass is 181 g/mol. The zero-order chi connectivity index (χ0) is 9.84. The van der Waals surface area contributed by atoms with Crippen LogP contribution in [-0.4, -0.2) is 28.9 Å². The average molecular weight is 181 g/mol. The molecule has 1 unspecified atom stereocenters. The standard InChI is InChI=1S/C8H11N3O2/c1-5(9)7(12)6-8(13-2)11-4-3-10-6/h3-5H,9H2,1-2H3. The van der Waals surface area contributed by atoms with Crippen LogP contribution < -0.4 is 10.5 Å². The Kier molecular flexibility index (Phi) is 2.92. The molecule has 13 heavy (non-hydrogen) atoms. The van der Waals surface area contributed by atoms with Crippen molar-refractivity contribution in [3.8, 4) is 5.88 Å². The van der Waals surface area contributed by atoms with Gasteiger partial charge in [-0.25, -0.2) is 9.97 Å². The first kappa shape index (κ1) is 9.60. The number of nitrogens with two attached hydrogens (primary N) is 1. The van der Waals surface area contributed by atoms with Gasteiger partial charge in [0.25, 0.3) is 0 Å². The fraction of sp³-hybridized carbons (Fsp3) is 0.375. The summed E-state index contributed by atoms with van der Waals surface area (Å²) in [6, 6.07) is -0.592. The lowest BCUT2D eigenvalue weighted by Gasteiger charge is -2.06. The first-order chi connectivity index (χ1) is 6.16. The van der Waals surface area contributed by atoms with Crippen LogP contribution in [0.5, 0.6) is 5.88 Å². The maximum Gasteiger partial charge on any atom is 0.243 e. The zero-order valence-electron chi connectivity index (χ0n) is 7.52. The molecule has 1 heterocycles. The fourth-order valence-corrected chi connectivity index (χ4v) is 0.859. The summed E-state index contributed by atoms with van der Waals surface area (Å²) in [6.07, 6.45) is 2.88. The van der Waals surface area contributed by atoms with Crippen LogP contribution >= 0.6 is 0 Å². The third-order valence-electron chi connectivity index (χ3n) is 1.50. The fourth-order valence-electron chi connectivity index (χ4n) is 0.859. The molecule has 0 saturated heterocycles. The van der Waals surface area contributed by atoms with E-state index in [-0.39, 0.29) is 17.4 Å². The number of Topliss-reactive ketones (excluding diaryl/α,β-unsaturated/α-hetero) is 1. The van der Waals surface area contributed by atoms with E-state index in [1.54, 1.807) is 6.92 Å². The number of carbonyl (C=O) groups excluding carboxylic acids is 1. The number of nitrogens with zero attached hydrogens (tertiary/aromatic N) is 2. The lowest BCUT2D eigenvalue weighted by Crippen LogP contribution is -2.28. The molecule has 1 atom stereocenters. The number of methoxy groups -OCH3 is 1. The first-order valence-electron chi connectivity index (χ1n) is 3.81. The second-order valence-electron chi connectivity index (χ2n) is 2.57. The molecule has 0 spiro atoms. The lowest BCUT2D eigenvalue weighted by atomic mass is 10.2. The van der Waals surface area contributed by atoms with Crippen molar-refractivity contribution in [2.45, 2.75) is 13.0 Å². The maximum absolute atomic E-state index is 11.4. The molecule has 5 heteroatoms. The van der Waals surface area contributed by atoms with E-state index in [1.807, 2.05) is 0 Å². The summed E-state index contributed by atoms with van der Waals surface area (Å²) in [6.45, 7) is 1.59. The Labute approximate surface area is 75.9 Å². The highest BCUT2D eigenvalue weighted by molar-refractivity contribution is 5.99. The number of carbonyl (C=O) groups is 1. The van der Waals surface area contributed by atoms with Crippen LogP contribution in [0.4, 0.5) is 0 Å². The Hall–Kier alpha value is -1.49. The SMILES string of the molecule is COc1nccnc1C(=O)C(C)N. The topological polar surface area (TPSA) is 78.1 Å². The summed E-state index contributed by atoms with van der Waals surface area (Å²) in [5.74, 6) is -0.0604. The summed E-state index contributed by atoms with van der Waals surface area (Å²) in [7, 11) is 1.43. The van der Waals surface area contributed by atoms with Crippen molar-refractivity contribution in [1.82, 2.24) is 9.97 Å². The Morgan fingerprint density at radius 3 is 2.69 bits per heavy atom. The molecule has 5 nitrogen and oxygen atoms in total. The molecule has 2 N–H and O–H groups in total. The van der Waals surface area contributed by atoms with E-state index in [4.69, 9.17) is 10.5 Å². The van der Waals surface area contributed by atoms with Gasteiger partial charge < -0.3 is 10.5 Å². The van der Waals surface area contributed by atoms with Crippen LogP contribution in [0.15, 0.2) is 12.4 Å². The van der Waals surface area contributed by atoms with Crippen molar-refractivity contribution in [2.75, 3.05) is 7.11 Å². The zero-order valence-corrected chi connectivity index (χ0v) is 7.52. The summed E-state index contributed by atoms with van der Waals surface area (Å²) >= 11 is 0. The predicted octanol–water partition coefficient (Wildman–Crippen LogP) is 0.0151. The van der Waals surface area contributed by atoms with Gasteiger partial charge in [0, 0.05) is 12.4 Å². The number of rotatable bonds is 3. The number of hydrogen-bond donors (Lipinski definition) is 1. The molecule has 0 fully saturated rings. The Balaban J connectivity index is 3.06. The van der Waals surface area contributed by atoms with Crippen LogP contribution in [0.2, 0.25) is 0 Å². The highest BCUT2D eigenvalue weighted by atomic mass is 16.5. The molecule has 0 aliphatic carbocycles. The third-order valence-corrected chi connectivity index (χ3v) is 1.50. The normalized spacial score (nSPS) is 12.2. The van der Waals surface area contributed by atoms with Gasteiger partial charge in [-0.1, -0.05) is 0 Å². The Morgan fingerprint density at radius 1 is 1.54 bits per heavy atom. The van der Waals surface area contributed by atoms with Gasteiger partial charge in [0.2, 0.25) is 11.7 Å².